The highest BCUT2D eigenvalue weighted by Crippen LogP contribution is 2.74. The summed E-state index contributed by atoms with van der Waals surface area (Å²) in [5.74, 6) is -0.769. The maximum atomic E-state index is 17.3. The molecule has 10 atom stereocenters. The predicted octanol–water partition coefficient (Wildman–Crippen LogP) is 2.37. The van der Waals surface area contributed by atoms with E-state index >= 15 is 4.39 Å². The van der Waals surface area contributed by atoms with Crippen LogP contribution < -0.4 is 5.32 Å². The molecule has 0 amide bonds. The van der Waals surface area contributed by atoms with Gasteiger partial charge in [-0.3, -0.25) is 9.59 Å². The van der Waals surface area contributed by atoms with Crippen molar-refractivity contribution in [2.24, 2.45) is 39.9 Å². The van der Waals surface area contributed by atoms with Crippen LogP contribution in [0.15, 0.2) is 23.8 Å². The zero-order chi connectivity index (χ0) is 22.6. The maximum Gasteiger partial charge on any atom is 0.178 e. The molecule has 0 aromatic carbocycles. The fraction of sp³-hybridized carbons (Fsp3) is 0.760. The molecule has 6 heteroatoms. The Morgan fingerprint density at radius 2 is 1.94 bits per heavy atom. The van der Waals surface area contributed by atoms with Crippen LogP contribution in [0.4, 0.5) is 4.39 Å². The molecule has 4 fully saturated rings. The molecule has 5 aliphatic rings. The summed E-state index contributed by atoms with van der Waals surface area (Å²) in [7, 11) is 0. The molecule has 3 N–H and O–H groups in total. The standard InChI is InChI=1S/C25H34FNO4/c1-13-7-19-18-9-17-14(2)27-12-24(17,21(31)11-28)23(18,4)10-20(30)25(19,26)22(3)6-5-15(29)8-16(13)22/h5-6,8,13-14,17-20,27-28,30H,7,9-12H2,1-4H3/t13-,14?,17-,18?,19-,20-,22-,23-,24+,25-/m0/s1. The summed E-state index contributed by atoms with van der Waals surface area (Å²) >= 11 is 0. The fourth-order valence-electron chi connectivity index (χ4n) is 8.99. The minimum atomic E-state index is -1.90. The summed E-state index contributed by atoms with van der Waals surface area (Å²) < 4.78 is 17.3. The number of hydrogen-bond donors (Lipinski definition) is 3. The van der Waals surface area contributed by atoms with E-state index in [2.05, 4.69) is 12.2 Å². The van der Waals surface area contributed by atoms with Gasteiger partial charge >= 0.3 is 0 Å². The first kappa shape index (κ1) is 21.5. The van der Waals surface area contributed by atoms with E-state index in [9.17, 15) is 19.8 Å². The van der Waals surface area contributed by atoms with Crippen molar-refractivity contribution in [2.75, 3.05) is 13.2 Å². The van der Waals surface area contributed by atoms with Crippen LogP contribution in [-0.2, 0) is 9.59 Å². The van der Waals surface area contributed by atoms with E-state index in [1.165, 1.54) is 6.08 Å². The van der Waals surface area contributed by atoms with Crippen molar-refractivity contribution < 1.29 is 24.2 Å². The monoisotopic (exact) mass is 431 g/mol. The first-order valence-corrected chi connectivity index (χ1v) is 11.7. The van der Waals surface area contributed by atoms with Gasteiger partial charge in [0, 0.05) is 23.9 Å². The molecular weight excluding hydrogens is 397 g/mol. The summed E-state index contributed by atoms with van der Waals surface area (Å²) in [4.78, 5) is 25.3. The van der Waals surface area contributed by atoms with Gasteiger partial charge in [0.2, 0.25) is 0 Å². The second-order valence-corrected chi connectivity index (χ2v) is 11.4. The van der Waals surface area contributed by atoms with E-state index in [-0.39, 0.29) is 41.8 Å². The lowest BCUT2D eigenvalue weighted by Crippen LogP contribution is -2.69. The molecule has 5 nitrogen and oxygen atoms in total. The fourth-order valence-corrected chi connectivity index (χ4v) is 8.99. The first-order chi connectivity index (χ1) is 14.5. The normalized spacial score (nSPS) is 55.2. The third kappa shape index (κ3) is 2.22. The number of rotatable bonds is 2. The number of nitrogens with one attached hydrogen (secondary N) is 1. The van der Waals surface area contributed by atoms with Gasteiger partial charge in [0.25, 0.3) is 0 Å². The van der Waals surface area contributed by atoms with Crippen LogP contribution in [0, 0.1) is 39.9 Å². The van der Waals surface area contributed by atoms with Crippen molar-refractivity contribution in [2.45, 2.75) is 64.8 Å². The number of Topliss-reactive ketones (excluding diaryl/α,β-unsaturated/α-hetero) is 1. The Morgan fingerprint density at radius 3 is 2.61 bits per heavy atom. The van der Waals surface area contributed by atoms with Crippen LogP contribution in [-0.4, -0.2) is 52.7 Å². The van der Waals surface area contributed by atoms with Crippen LogP contribution >= 0.6 is 0 Å². The first-order valence-electron chi connectivity index (χ1n) is 11.7. The minimum Gasteiger partial charge on any atom is -0.390 e. The van der Waals surface area contributed by atoms with Crippen molar-refractivity contribution in [3.8, 4) is 0 Å². The largest absolute Gasteiger partial charge is 0.390 e. The van der Waals surface area contributed by atoms with Gasteiger partial charge in [-0.25, -0.2) is 4.39 Å². The molecule has 0 bridgehead atoms. The number of carbonyl (C=O) groups is 2. The van der Waals surface area contributed by atoms with Crippen molar-refractivity contribution in [3.05, 3.63) is 23.8 Å². The molecule has 0 aromatic heterocycles. The zero-order valence-corrected chi connectivity index (χ0v) is 18.8. The number of alkyl halides is 1. The molecule has 2 unspecified atom stereocenters. The molecular formula is C25H34FNO4. The van der Waals surface area contributed by atoms with Gasteiger partial charge in [-0.1, -0.05) is 25.5 Å². The van der Waals surface area contributed by atoms with Crippen molar-refractivity contribution in [3.63, 3.8) is 0 Å². The third-order valence-corrected chi connectivity index (χ3v) is 10.5. The Hall–Kier alpha value is -1.37. The Morgan fingerprint density at radius 1 is 1.23 bits per heavy atom. The van der Waals surface area contributed by atoms with Gasteiger partial charge in [-0.15, -0.1) is 0 Å². The Labute approximate surface area is 183 Å². The zero-order valence-electron chi connectivity index (χ0n) is 18.8. The smallest absolute Gasteiger partial charge is 0.178 e. The van der Waals surface area contributed by atoms with Gasteiger partial charge in [-0.2, -0.15) is 0 Å². The summed E-state index contributed by atoms with van der Waals surface area (Å²) in [6, 6.07) is 0.100. The number of carbonyl (C=O) groups excluding carboxylic acids is 2. The van der Waals surface area contributed by atoms with Gasteiger partial charge in [0.05, 0.1) is 11.5 Å². The average Bonchev–Trinajstić information content (AvgIpc) is 3.19. The number of hydrogen-bond acceptors (Lipinski definition) is 5. The lowest BCUT2D eigenvalue weighted by molar-refractivity contribution is -0.209. The molecule has 0 radical (unpaired) electrons. The topological polar surface area (TPSA) is 86.6 Å². The molecule has 0 aromatic rings. The molecule has 5 rings (SSSR count). The number of aliphatic hydroxyl groups is 2. The lowest BCUT2D eigenvalue weighted by Gasteiger charge is -2.64. The maximum absolute atomic E-state index is 17.3. The molecule has 170 valence electrons. The number of ketones is 2. The van der Waals surface area contributed by atoms with Crippen LogP contribution in [0.25, 0.3) is 0 Å². The predicted molar refractivity (Wildman–Crippen MR) is 114 cm³/mol. The third-order valence-electron chi connectivity index (χ3n) is 10.5. The van der Waals surface area contributed by atoms with E-state index in [0.29, 0.717) is 19.4 Å². The van der Waals surface area contributed by atoms with Gasteiger partial charge < -0.3 is 15.5 Å². The van der Waals surface area contributed by atoms with Crippen LogP contribution in [0.5, 0.6) is 0 Å². The van der Waals surface area contributed by atoms with E-state index in [0.717, 1.165) is 5.57 Å². The SMILES string of the molecule is CC1NC[C@]2(C(=O)CO)[C@H]1CC1[C@@H]3C[C@H](C)C4=CC(=O)C=C[C@]4(C)[C@@]3(F)[C@@H](O)C[C@@]12C. The quantitative estimate of drug-likeness (QED) is 0.625. The molecule has 4 aliphatic carbocycles. The molecule has 31 heavy (non-hydrogen) atoms. The molecule has 1 heterocycles. The minimum absolute atomic E-state index is 0.0141. The highest BCUT2D eigenvalue weighted by atomic mass is 19.1. The highest BCUT2D eigenvalue weighted by molar-refractivity contribution is 6.01. The molecule has 3 saturated carbocycles. The molecule has 0 spiro atoms. The summed E-state index contributed by atoms with van der Waals surface area (Å²) in [6.45, 7) is 7.93. The van der Waals surface area contributed by atoms with Crippen molar-refractivity contribution >= 4 is 11.6 Å². The number of allylic oxidation sites excluding steroid dienone is 4. The molecule has 1 saturated heterocycles. The number of halogens is 1. The summed E-state index contributed by atoms with van der Waals surface area (Å²) in [6.07, 6.45) is 4.86. The number of aliphatic hydroxyl groups excluding tert-OH is 2. The lowest BCUT2D eigenvalue weighted by atomic mass is 9.42. The van der Waals surface area contributed by atoms with Crippen LogP contribution in [0.3, 0.4) is 0 Å². The van der Waals surface area contributed by atoms with Gasteiger partial charge in [-0.05, 0) is 68.4 Å². The van der Waals surface area contributed by atoms with Gasteiger partial charge in [0.1, 0.15) is 6.61 Å². The highest BCUT2D eigenvalue weighted by Gasteiger charge is 2.77. The average molecular weight is 432 g/mol. The van der Waals surface area contributed by atoms with Gasteiger partial charge in [0.15, 0.2) is 17.2 Å². The van der Waals surface area contributed by atoms with E-state index in [4.69, 9.17) is 0 Å². The van der Waals surface area contributed by atoms with Crippen molar-refractivity contribution in [1.82, 2.24) is 5.32 Å². The molecule has 1 aliphatic heterocycles. The Balaban J connectivity index is 1.67. The second-order valence-electron chi connectivity index (χ2n) is 11.4. The van der Waals surface area contributed by atoms with Crippen LogP contribution in [0.1, 0.15) is 47.0 Å². The second kappa shape index (κ2) is 6.36. The number of fused-ring (bicyclic) bond motifs is 7. The summed E-state index contributed by atoms with van der Waals surface area (Å²) in [5, 5.41) is 24.8. The van der Waals surface area contributed by atoms with Crippen molar-refractivity contribution in [1.29, 1.82) is 0 Å². The Kier molecular flexibility index (Phi) is 4.40. The summed E-state index contributed by atoms with van der Waals surface area (Å²) in [5.41, 5.74) is -3.55. The van der Waals surface area contributed by atoms with E-state index in [1.807, 2.05) is 20.8 Å². The van der Waals surface area contributed by atoms with E-state index < -0.39 is 40.5 Å². The van der Waals surface area contributed by atoms with Crippen LogP contribution in [0.2, 0.25) is 0 Å². The van der Waals surface area contributed by atoms with E-state index in [1.54, 1.807) is 12.2 Å². The Bertz CT molecular complexity index is 915.